The van der Waals surface area contributed by atoms with Gasteiger partial charge in [-0.3, -0.25) is 9.59 Å². The number of carbonyl (C=O) groups is 2. The molecule has 1 atom stereocenters. The Morgan fingerprint density at radius 2 is 1.96 bits per heavy atom. The van der Waals surface area contributed by atoms with Crippen molar-refractivity contribution in [1.29, 1.82) is 0 Å². The monoisotopic (exact) mass is 387 g/mol. The Kier molecular flexibility index (Phi) is 5.11. The number of amides is 1. The Hall–Kier alpha value is -1.70. The zero-order valence-corrected chi connectivity index (χ0v) is 16.2. The van der Waals surface area contributed by atoms with Crippen LogP contribution in [-0.4, -0.2) is 47.3 Å². The van der Waals surface area contributed by atoms with Gasteiger partial charge in [-0.05, 0) is 56.1 Å². The van der Waals surface area contributed by atoms with E-state index in [1.165, 1.54) is 49.0 Å². The van der Waals surface area contributed by atoms with E-state index in [1.807, 2.05) is 24.3 Å². The van der Waals surface area contributed by atoms with Crippen molar-refractivity contribution in [2.75, 3.05) is 19.6 Å². The lowest BCUT2D eigenvalue weighted by Crippen LogP contribution is -2.57. The van der Waals surface area contributed by atoms with E-state index in [2.05, 4.69) is 15.2 Å². The summed E-state index contributed by atoms with van der Waals surface area (Å²) in [6.07, 6.45) is 4.00. The first-order valence-electron chi connectivity index (χ1n) is 8.86. The van der Waals surface area contributed by atoms with E-state index < -0.39 is 0 Å². The van der Waals surface area contributed by atoms with Gasteiger partial charge in [0.25, 0.3) is 5.91 Å². The molecular formula is C19H21N3O2S2. The second-order valence-corrected chi connectivity index (χ2v) is 9.24. The third-order valence-electron chi connectivity index (χ3n) is 5.13. The molecule has 0 radical (unpaired) electrons. The summed E-state index contributed by atoms with van der Waals surface area (Å²) in [6, 6.07) is 7.87. The summed E-state index contributed by atoms with van der Waals surface area (Å²) in [4.78, 5) is 32.3. The van der Waals surface area contributed by atoms with Crippen molar-refractivity contribution >= 4 is 34.8 Å². The van der Waals surface area contributed by atoms with Crippen molar-refractivity contribution in [2.24, 2.45) is 5.92 Å². The van der Waals surface area contributed by atoms with Crippen LogP contribution < -0.4 is 5.32 Å². The summed E-state index contributed by atoms with van der Waals surface area (Å²) in [5.74, 6) is 0.668. The molecule has 0 aliphatic carbocycles. The number of fused-ring (bicyclic) bond motifs is 3. The standard InChI is InChI=1S/C19H21N3O2S2/c1-12(23)17-10-20-19(26-17)25-15-4-2-14(3-5-15)18(24)21-16-11-22-8-6-13(16)7-9-22/h2-5,10,13,16H,6-9,11H2,1H3,(H,21,24)/t16-/m0/s1. The highest BCUT2D eigenvalue weighted by molar-refractivity contribution is 8.01. The molecule has 2 aromatic rings. The fourth-order valence-electron chi connectivity index (χ4n) is 3.62. The molecule has 3 aliphatic rings. The van der Waals surface area contributed by atoms with E-state index in [4.69, 9.17) is 0 Å². The lowest BCUT2D eigenvalue weighted by Gasteiger charge is -2.44. The quantitative estimate of drug-likeness (QED) is 0.798. The van der Waals surface area contributed by atoms with Gasteiger partial charge in [0, 0.05) is 30.0 Å². The fraction of sp³-hybridized carbons (Fsp3) is 0.421. The Morgan fingerprint density at radius 1 is 1.23 bits per heavy atom. The van der Waals surface area contributed by atoms with Gasteiger partial charge in [-0.2, -0.15) is 0 Å². The van der Waals surface area contributed by atoms with E-state index in [0.717, 1.165) is 15.8 Å². The normalized spacial score (nSPS) is 24.4. The molecule has 1 N–H and O–H groups in total. The van der Waals surface area contributed by atoms with Crippen molar-refractivity contribution in [2.45, 2.75) is 35.0 Å². The van der Waals surface area contributed by atoms with Gasteiger partial charge in [0.15, 0.2) is 10.1 Å². The zero-order valence-electron chi connectivity index (χ0n) is 14.6. The molecule has 3 saturated heterocycles. The molecule has 7 heteroatoms. The second kappa shape index (κ2) is 7.50. The Balaban J connectivity index is 1.37. The third kappa shape index (κ3) is 3.84. The number of thiazole rings is 1. The topological polar surface area (TPSA) is 62.3 Å². The van der Waals surface area contributed by atoms with Crippen LogP contribution in [-0.2, 0) is 0 Å². The summed E-state index contributed by atoms with van der Waals surface area (Å²) in [7, 11) is 0. The van der Waals surface area contributed by atoms with Crippen LogP contribution >= 0.6 is 23.1 Å². The first kappa shape index (κ1) is 17.7. The van der Waals surface area contributed by atoms with E-state index in [9.17, 15) is 9.59 Å². The van der Waals surface area contributed by atoms with E-state index in [1.54, 1.807) is 13.1 Å². The minimum absolute atomic E-state index is 0.00779. The first-order chi connectivity index (χ1) is 12.6. The van der Waals surface area contributed by atoms with Crippen LogP contribution in [0, 0.1) is 5.92 Å². The molecular weight excluding hydrogens is 366 g/mol. The van der Waals surface area contributed by atoms with Crippen molar-refractivity contribution in [3.05, 3.63) is 40.9 Å². The van der Waals surface area contributed by atoms with Crippen LogP contribution in [0.1, 0.15) is 39.8 Å². The molecule has 1 aromatic carbocycles. The summed E-state index contributed by atoms with van der Waals surface area (Å²) in [6.45, 7) is 4.87. The first-order valence-corrected chi connectivity index (χ1v) is 10.5. The molecule has 0 unspecified atom stereocenters. The number of rotatable bonds is 5. The summed E-state index contributed by atoms with van der Waals surface area (Å²) in [5.41, 5.74) is 0.689. The van der Waals surface area contributed by atoms with Gasteiger partial charge >= 0.3 is 0 Å². The van der Waals surface area contributed by atoms with Crippen LogP contribution in [0.3, 0.4) is 0 Å². The van der Waals surface area contributed by atoms with E-state index >= 15 is 0 Å². The van der Waals surface area contributed by atoms with Gasteiger partial charge in [-0.1, -0.05) is 11.8 Å². The number of ketones is 1. The molecule has 2 bridgehead atoms. The largest absolute Gasteiger partial charge is 0.348 e. The van der Waals surface area contributed by atoms with Gasteiger partial charge < -0.3 is 10.2 Å². The van der Waals surface area contributed by atoms with Crippen LogP contribution in [0.15, 0.2) is 39.7 Å². The highest BCUT2D eigenvalue weighted by Gasteiger charge is 2.34. The molecule has 26 heavy (non-hydrogen) atoms. The number of benzene rings is 1. The highest BCUT2D eigenvalue weighted by Crippen LogP contribution is 2.32. The number of aromatic nitrogens is 1. The number of piperidine rings is 3. The second-order valence-electron chi connectivity index (χ2n) is 6.89. The molecule has 5 nitrogen and oxygen atoms in total. The van der Waals surface area contributed by atoms with E-state index in [0.29, 0.717) is 16.4 Å². The minimum Gasteiger partial charge on any atom is -0.348 e. The Bertz CT molecular complexity index is 810. The van der Waals surface area contributed by atoms with Crippen LogP contribution in [0.5, 0.6) is 0 Å². The Morgan fingerprint density at radius 3 is 2.54 bits per heavy atom. The number of Topliss-reactive ketones (excluding diaryl/α,β-unsaturated/α-hetero) is 1. The number of hydrogen-bond donors (Lipinski definition) is 1. The zero-order chi connectivity index (χ0) is 18.1. The van der Waals surface area contributed by atoms with Crippen molar-refractivity contribution in [3.63, 3.8) is 0 Å². The van der Waals surface area contributed by atoms with Crippen LogP contribution in [0.4, 0.5) is 0 Å². The van der Waals surface area contributed by atoms with E-state index in [-0.39, 0.29) is 17.7 Å². The molecule has 4 heterocycles. The van der Waals surface area contributed by atoms with Gasteiger partial charge in [-0.25, -0.2) is 4.98 Å². The molecule has 136 valence electrons. The van der Waals surface area contributed by atoms with Gasteiger partial charge in [0.1, 0.15) is 0 Å². The smallest absolute Gasteiger partial charge is 0.251 e. The predicted molar refractivity (Wildman–Crippen MR) is 103 cm³/mol. The van der Waals surface area contributed by atoms with Gasteiger partial charge in [0.2, 0.25) is 0 Å². The predicted octanol–water partition coefficient (Wildman–Crippen LogP) is 3.32. The SMILES string of the molecule is CC(=O)c1cnc(Sc2ccc(C(=O)N[C@H]3CN4CCC3CC4)cc2)s1. The van der Waals surface area contributed by atoms with Crippen LogP contribution in [0.25, 0.3) is 0 Å². The van der Waals surface area contributed by atoms with Gasteiger partial charge in [0.05, 0.1) is 11.1 Å². The summed E-state index contributed by atoms with van der Waals surface area (Å²) < 4.78 is 0.833. The maximum Gasteiger partial charge on any atom is 0.251 e. The third-order valence-corrected chi connectivity index (χ3v) is 7.31. The molecule has 3 aliphatic heterocycles. The number of carbonyl (C=O) groups excluding carboxylic acids is 2. The fourth-order valence-corrected chi connectivity index (χ4v) is 5.47. The molecule has 1 amide bonds. The number of nitrogens with zero attached hydrogens (tertiary/aromatic N) is 2. The van der Waals surface area contributed by atoms with Crippen molar-refractivity contribution < 1.29 is 9.59 Å². The summed E-state index contributed by atoms with van der Waals surface area (Å²) in [5, 5.41) is 3.22. The Labute approximate surface area is 161 Å². The van der Waals surface area contributed by atoms with Gasteiger partial charge in [-0.15, -0.1) is 11.3 Å². The highest BCUT2D eigenvalue weighted by atomic mass is 32.2. The maximum atomic E-state index is 12.6. The maximum absolute atomic E-state index is 12.6. The molecule has 1 aromatic heterocycles. The molecule has 5 rings (SSSR count). The molecule has 3 fully saturated rings. The molecule has 0 spiro atoms. The van der Waals surface area contributed by atoms with Crippen molar-refractivity contribution in [3.8, 4) is 0 Å². The number of nitrogens with one attached hydrogen (secondary N) is 1. The van der Waals surface area contributed by atoms with Crippen molar-refractivity contribution in [1.82, 2.24) is 15.2 Å². The summed E-state index contributed by atoms with van der Waals surface area (Å²) >= 11 is 2.90. The lowest BCUT2D eigenvalue weighted by molar-refractivity contribution is 0.0620. The lowest BCUT2D eigenvalue weighted by atomic mass is 9.84. The average Bonchev–Trinajstić information content (AvgIpc) is 3.12. The minimum atomic E-state index is 0.00779. The molecule has 0 saturated carbocycles. The average molecular weight is 388 g/mol. The van der Waals surface area contributed by atoms with Crippen LogP contribution in [0.2, 0.25) is 0 Å². The number of hydrogen-bond acceptors (Lipinski definition) is 6.